The molecule has 1 aromatic heterocycles. The smallest absolute Gasteiger partial charge is 0.191 e. The number of nitrogens with one attached hydrogen (secondary N) is 2. The topological polar surface area (TPSA) is 83.7 Å². The molecule has 2 aromatic carbocycles. The number of furan rings is 1. The number of guanidine groups is 1. The van der Waals surface area contributed by atoms with E-state index in [0.717, 1.165) is 47.6 Å². The first-order chi connectivity index (χ1) is 14.0. The van der Waals surface area contributed by atoms with Gasteiger partial charge in [-0.15, -0.1) is 24.0 Å². The molecule has 3 aromatic rings. The maximum atomic E-state index is 11.5. The lowest BCUT2D eigenvalue weighted by molar-refractivity contribution is 0.550. The number of fused-ring (bicyclic) bond motifs is 1. The molecule has 0 spiro atoms. The van der Waals surface area contributed by atoms with Gasteiger partial charge >= 0.3 is 0 Å². The summed E-state index contributed by atoms with van der Waals surface area (Å²) in [6.45, 7) is 4.13. The number of rotatable bonds is 8. The van der Waals surface area contributed by atoms with Crippen molar-refractivity contribution in [3.8, 4) is 0 Å². The number of aliphatic imine (C=N–C) groups is 1. The van der Waals surface area contributed by atoms with Crippen LogP contribution in [0.5, 0.6) is 0 Å². The predicted molar refractivity (Wildman–Crippen MR) is 133 cm³/mol. The summed E-state index contributed by atoms with van der Waals surface area (Å²) in [5.74, 6) is 1.69. The zero-order valence-corrected chi connectivity index (χ0v) is 20.4. The summed E-state index contributed by atoms with van der Waals surface area (Å²) >= 11 is 0. The molecule has 0 unspecified atom stereocenters. The van der Waals surface area contributed by atoms with Gasteiger partial charge in [0.2, 0.25) is 0 Å². The molecule has 0 aliphatic carbocycles. The molecule has 162 valence electrons. The summed E-state index contributed by atoms with van der Waals surface area (Å²) in [5, 5.41) is 7.67. The lowest BCUT2D eigenvalue weighted by atomic mass is 10.1. The van der Waals surface area contributed by atoms with E-state index >= 15 is 0 Å². The fourth-order valence-electron chi connectivity index (χ4n) is 3.01. The van der Waals surface area contributed by atoms with Crippen molar-refractivity contribution >= 4 is 50.7 Å². The molecular formula is C22H28IN3O3S. The van der Waals surface area contributed by atoms with Crippen molar-refractivity contribution in [3.63, 3.8) is 0 Å². The highest BCUT2D eigenvalue weighted by molar-refractivity contribution is 14.0. The molecule has 1 heterocycles. The minimum atomic E-state index is -3.16. The SMILES string of the molecule is CCNC(=NCCc1cc2ccccc2o1)NCCc1ccc(S(C)(=O)=O)cc1.I. The molecular weight excluding hydrogens is 513 g/mol. The molecule has 0 aliphatic heterocycles. The molecule has 3 rings (SSSR count). The lowest BCUT2D eigenvalue weighted by Gasteiger charge is -2.11. The van der Waals surface area contributed by atoms with Crippen LogP contribution in [-0.2, 0) is 22.7 Å². The second kappa shape index (κ2) is 11.4. The van der Waals surface area contributed by atoms with Gasteiger partial charge in [0.15, 0.2) is 15.8 Å². The zero-order chi connectivity index (χ0) is 20.7. The largest absolute Gasteiger partial charge is 0.461 e. The molecule has 30 heavy (non-hydrogen) atoms. The van der Waals surface area contributed by atoms with E-state index in [-0.39, 0.29) is 24.0 Å². The van der Waals surface area contributed by atoms with Crippen molar-refractivity contribution in [2.45, 2.75) is 24.7 Å². The van der Waals surface area contributed by atoms with Gasteiger partial charge in [0.1, 0.15) is 11.3 Å². The number of halogens is 1. The normalized spacial score (nSPS) is 11.9. The molecule has 8 heteroatoms. The molecule has 0 bridgehead atoms. The van der Waals surface area contributed by atoms with Gasteiger partial charge in [-0.2, -0.15) is 0 Å². The van der Waals surface area contributed by atoms with E-state index in [0.29, 0.717) is 18.0 Å². The van der Waals surface area contributed by atoms with Crippen LogP contribution in [0.3, 0.4) is 0 Å². The Morgan fingerprint density at radius 3 is 2.43 bits per heavy atom. The Morgan fingerprint density at radius 1 is 1.03 bits per heavy atom. The summed E-state index contributed by atoms with van der Waals surface area (Å²) < 4.78 is 28.9. The first-order valence-corrected chi connectivity index (χ1v) is 11.6. The molecule has 0 saturated carbocycles. The molecule has 0 fully saturated rings. The zero-order valence-electron chi connectivity index (χ0n) is 17.2. The fraction of sp³-hybridized carbons (Fsp3) is 0.318. The number of hydrogen-bond acceptors (Lipinski definition) is 4. The third-order valence-electron chi connectivity index (χ3n) is 4.51. The molecule has 0 saturated heterocycles. The van der Waals surface area contributed by atoms with Crippen molar-refractivity contribution in [1.29, 1.82) is 0 Å². The molecule has 2 N–H and O–H groups in total. The van der Waals surface area contributed by atoms with Gasteiger partial charge in [0.05, 0.1) is 4.90 Å². The minimum Gasteiger partial charge on any atom is -0.461 e. The van der Waals surface area contributed by atoms with Gasteiger partial charge in [0, 0.05) is 37.7 Å². The lowest BCUT2D eigenvalue weighted by Crippen LogP contribution is -2.38. The van der Waals surface area contributed by atoms with Gasteiger partial charge in [-0.05, 0) is 43.2 Å². The molecule has 0 radical (unpaired) electrons. The predicted octanol–water partition coefficient (Wildman–Crippen LogP) is 3.79. The van der Waals surface area contributed by atoms with E-state index in [9.17, 15) is 8.42 Å². The van der Waals surface area contributed by atoms with Crippen LogP contribution in [0.15, 0.2) is 68.9 Å². The maximum Gasteiger partial charge on any atom is 0.191 e. The summed E-state index contributed by atoms with van der Waals surface area (Å²) in [7, 11) is -3.16. The Bertz CT molecular complexity index is 1040. The van der Waals surface area contributed by atoms with E-state index in [2.05, 4.69) is 21.7 Å². The number of sulfone groups is 1. The first-order valence-electron chi connectivity index (χ1n) is 9.74. The molecule has 0 amide bonds. The Kier molecular flexibility index (Phi) is 9.16. The summed E-state index contributed by atoms with van der Waals surface area (Å²) in [5.41, 5.74) is 1.97. The first kappa shape index (κ1) is 24.2. The van der Waals surface area contributed by atoms with Crippen molar-refractivity contribution < 1.29 is 12.8 Å². The number of para-hydroxylation sites is 1. The van der Waals surface area contributed by atoms with E-state index in [1.165, 1.54) is 6.26 Å². The van der Waals surface area contributed by atoms with Crippen LogP contribution in [0.2, 0.25) is 0 Å². The Hall–Kier alpha value is -2.07. The highest BCUT2D eigenvalue weighted by Crippen LogP contribution is 2.19. The standard InChI is InChI=1S/C22H27N3O3S.HI/c1-3-23-22(24-14-12-17-8-10-20(11-9-17)29(2,26)27)25-15-13-19-16-18-6-4-5-7-21(18)28-19;/h4-11,16H,3,12-15H2,1-2H3,(H2,23,24,25);1H. The monoisotopic (exact) mass is 541 g/mol. The van der Waals surface area contributed by atoms with Gasteiger partial charge in [-0.1, -0.05) is 30.3 Å². The van der Waals surface area contributed by atoms with Gasteiger partial charge < -0.3 is 15.1 Å². The van der Waals surface area contributed by atoms with Crippen LogP contribution in [-0.4, -0.2) is 40.3 Å². The number of nitrogens with zero attached hydrogens (tertiary/aromatic N) is 1. The quantitative estimate of drug-likeness (QED) is 0.258. The van der Waals surface area contributed by atoms with E-state index in [1.54, 1.807) is 12.1 Å². The van der Waals surface area contributed by atoms with E-state index in [4.69, 9.17) is 4.42 Å². The molecule has 0 aliphatic rings. The average Bonchev–Trinajstić information content (AvgIpc) is 3.10. The van der Waals surface area contributed by atoms with Gasteiger partial charge in [0.25, 0.3) is 0 Å². The number of hydrogen-bond donors (Lipinski definition) is 2. The Labute approximate surface area is 195 Å². The molecule has 0 atom stereocenters. The third kappa shape index (κ3) is 7.02. The average molecular weight is 541 g/mol. The van der Waals surface area contributed by atoms with Crippen LogP contribution >= 0.6 is 24.0 Å². The Morgan fingerprint density at radius 2 is 1.77 bits per heavy atom. The molecule has 6 nitrogen and oxygen atoms in total. The van der Waals surface area contributed by atoms with Gasteiger partial charge in [-0.3, -0.25) is 4.99 Å². The van der Waals surface area contributed by atoms with Crippen molar-refractivity contribution in [1.82, 2.24) is 10.6 Å². The van der Waals surface area contributed by atoms with E-state index < -0.39 is 9.84 Å². The number of benzene rings is 2. The van der Waals surface area contributed by atoms with Crippen molar-refractivity contribution in [2.75, 3.05) is 25.9 Å². The Balaban J connectivity index is 0.00000320. The summed E-state index contributed by atoms with van der Waals surface area (Å²) in [4.78, 5) is 4.95. The van der Waals surface area contributed by atoms with Crippen LogP contribution in [0.4, 0.5) is 0 Å². The van der Waals surface area contributed by atoms with E-state index in [1.807, 2.05) is 43.3 Å². The summed E-state index contributed by atoms with van der Waals surface area (Å²) in [6.07, 6.45) is 2.73. The van der Waals surface area contributed by atoms with Gasteiger partial charge in [-0.25, -0.2) is 8.42 Å². The second-order valence-corrected chi connectivity index (χ2v) is 8.87. The minimum absolute atomic E-state index is 0. The highest BCUT2D eigenvalue weighted by atomic mass is 127. The second-order valence-electron chi connectivity index (χ2n) is 6.85. The fourth-order valence-corrected chi connectivity index (χ4v) is 3.64. The van der Waals surface area contributed by atoms with Crippen molar-refractivity contribution in [3.05, 3.63) is 65.9 Å². The van der Waals surface area contributed by atoms with Crippen LogP contribution in [0.1, 0.15) is 18.2 Å². The van der Waals surface area contributed by atoms with Crippen LogP contribution in [0, 0.1) is 0 Å². The third-order valence-corrected chi connectivity index (χ3v) is 5.63. The summed E-state index contributed by atoms with van der Waals surface area (Å²) in [6, 6.07) is 17.0. The highest BCUT2D eigenvalue weighted by Gasteiger charge is 2.06. The maximum absolute atomic E-state index is 11.5. The van der Waals surface area contributed by atoms with Crippen LogP contribution in [0.25, 0.3) is 11.0 Å². The van der Waals surface area contributed by atoms with Crippen molar-refractivity contribution in [2.24, 2.45) is 4.99 Å². The van der Waals surface area contributed by atoms with Crippen LogP contribution < -0.4 is 10.6 Å².